The van der Waals surface area contributed by atoms with Crippen molar-refractivity contribution in [3.8, 4) is 0 Å². The number of ether oxygens (including phenoxy) is 1. The van der Waals surface area contributed by atoms with Crippen LogP contribution in [0.2, 0.25) is 0 Å². The van der Waals surface area contributed by atoms with E-state index in [9.17, 15) is 14.3 Å². The Bertz CT molecular complexity index is 962. The number of benzene rings is 2. The van der Waals surface area contributed by atoms with Gasteiger partial charge >= 0.3 is 0 Å². The van der Waals surface area contributed by atoms with Gasteiger partial charge in [-0.1, -0.05) is 6.07 Å². The Kier molecular flexibility index (Phi) is 6.88. The van der Waals surface area contributed by atoms with Crippen LogP contribution in [0, 0.1) is 9.39 Å². The monoisotopic (exact) mass is 501 g/mol. The Morgan fingerprint density at radius 2 is 2.15 bits per heavy atom. The Balaban J connectivity index is 1.91. The minimum absolute atomic E-state index is 0.133. The molecule has 5 nitrogen and oxygen atoms in total. The lowest BCUT2D eigenvalue weighted by Crippen LogP contribution is -2.22. The third-order valence-corrected chi connectivity index (χ3v) is 5.52. The maximum atomic E-state index is 14.3. The molecule has 0 fully saturated rings. The number of aliphatic hydroxyl groups excluding tert-OH is 2. The third kappa shape index (κ3) is 4.88. The second kappa shape index (κ2) is 9.16. The number of carbonyl (C=O) groups is 1. The van der Waals surface area contributed by atoms with Gasteiger partial charge in [-0.3, -0.25) is 4.79 Å². The zero-order valence-electron chi connectivity index (χ0n) is 14.2. The fourth-order valence-corrected chi connectivity index (χ4v) is 3.85. The lowest BCUT2D eigenvalue weighted by Gasteiger charge is -2.12. The first kappa shape index (κ1) is 20.3. The van der Waals surface area contributed by atoms with Crippen LogP contribution in [0.25, 0.3) is 10.1 Å². The molecule has 1 heterocycles. The SMILES string of the molecule is O=C(COC[C@H](O)CO)c1ccc2sncc2c1Cc1ccc(I)cc1F. The molecule has 0 aliphatic carbocycles. The summed E-state index contributed by atoms with van der Waals surface area (Å²) in [5, 5.41) is 18.9. The van der Waals surface area contributed by atoms with E-state index in [2.05, 4.69) is 4.37 Å². The van der Waals surface area contributed by atoms with E-state index in [1.54, 1.807) is 18.3 Å². The molecule has 0 saturated carbocycles. The number of Topliss-reactive ketones (excluding diaryl/α,β-unsaturated/α-hetero) is 1. The normalized spacial score (nSPS) is 12.4. The predicted molar refractivity (Wildman–Crippen MR) is 110 cm³/mol. The van der Waals surface area contributed by atoms with Gasteiger partial charge in [0.1, 0.15) is 18.5 Å². The van der Waals surface area contributed by atoms with Crippen LogP contribution in [0.15, 0.2) is 36.5 Å². The molecular weight excluding hydrogens is 484 g/mol. The molecule has 3 aromatic rings. The van der Waals surface area contributed by atoms with Crippen LogP contribution in [0.3, 0.4) is 0 Å². The average molecular weight is 501 g/mol. The summed E-state index contributed by atoms with van der Waals surface area (Å²) in [5.74, 6) is -0.586. The van der Waals surface area contributed by atoms with Crippen molar-refractivity contribution in [2.45, 2.75) is 12.5 Å². The molecule has 1 atom stereocenters. The van der Waals surface area contributed by atoms with Crippen molar-refractivity contribution in [1.82, 2.24) is 4.37 Å². The molecule has 2 aromatic carbocycles. The molecule has 2 N–H and O–H groups in total. The van der Waals surface area contributed by atoms with E-state index in [4.69, 9.17) is 9.84 Å². The van der Waals surface area contributed by atoms with Crippen molar-refractivity contribution in [3.63, 3.8) is 0 Å². The molecule has 1 aromatic heterocycles. The minimum atomic E-state index is -1.03. The molecular formula is C19H17FINO4S. The molecule has 8 heteroatoms. The van der Waals surface area contributed by atoms with Gasteiger partial charge in [-0.15, -0.1) is 0 Å². The van der Waals surface area contributed by atoms with Crippen molar-refractivity contribution in [1.29, 1.82) is 0 Å². The van der Waals surface area contributed by atoms with Crippen molar-refractivity contribution >= 4 is 50.0 Å². The number of halogens is 2. The second-order valence-electron chi connectivity index (χ2n) is 6.02. The second-order valence-corrected chi connectivity index (χ2v) is 8.10. The Labute approximate surface area is 173 Å². The number of ketones is 1. The third-order valence-electron chi connectivity index (χ3n) is 4.09. The lowest BCUT2D eigenvalue weighted by atomic mass is 9.94. The summed E-state index contributed by atoms with van der Waals surface area (Å²) in [7, 11) is 0. The number of hydrogen-bond acceptors (Lipinski definition) is 6. The van der Waals surface area contributed by atoms with Gasteiger partial charge < -0.3 is 14.9 Å². The van der Waals surface area contributed by atoms with Gasteiger partial charge in [-0.05, 0) is 69.5 Å². The lowest BCUT2D eigenvalue weighted by molar-refractivity contribution is 0.00895. The quantitative estimate of drug-likeness (QED) is 0.366. The average Bonchev–Trinajstić information content (AvgIpc) is 3.12. The zero-order chi connectivity index (χ0) is 19.4. The van der Waals surface area contributed by atoms with E-state index in [0.29, 0.717) is 16.7 Å². The van der Waals surface area contributed by atoms with Crippen molar-refractivity contribution < 1.29 is 24.1 Å². The summed E-state index contributed by atoms with van der Waals surface area (Å²) in [6.45, 7) is -0.800. The van der Waals surface area contributed by atoms with Gasteiger partial charge in [-0.25, -0.2) is 4.39 Å². The van der Waals surface area contributed by atoms with Gasteiger partial charge in [0.2, 0.25) is 0 Å². The molecule has 0 amide bonds. The van der Waals surface area contributed by atoms with Gasteiger partial charge in [0.25, 0.3) is 0 Å². The van der Waals surface area contributed by atoms with Crippen LogP contribution in [0.4, 0.5) is 4.39 Å². The maximum Gasteiger partial charge on any atom is 0.188 e. The van der Waals surface area contributed by atoms with Crippen molar-refractivity contribution in [3.05, 3.63) is 62.6 Å². The van der Waals surface area contributed by atoms with Crippen molar-refractivity contribution in [2.75, 3.05) is 19.8 Å². The van der Waals surface area contributed by atoms with Crippen LogP contribution >= 0.6 is 34.1 Å². The summed E-state index contributed by atoms with van der Waals surface area (Å²) in [5.41, 5.74) is 1.65. The van der Waals surface area contributed by atoms with Crippen LogP contribution in [0.1, 0.15) is 21.5 Å². The molecule has 0 bridgehead atoms. The van der Waals surface area contributed by atoms with E-state index >= 15 is 0 Å². The number of aliphatic hydroxyl groups is 2. The molecule has 0 aliphatic rings. The number of carbonyl (C=O) groups excluding carboxylic acids is 1. The molecule has 0 unspecified atom stereocenters. The molecule has 0 saturated heterocycles. The van der Waals surface area contributed by atoms with Crippen LogP contribution in [0.5, 0.6) is 0 Å². The molecule has 0 spiro atoms. The number of aromatic nitrogens is 1. The van der Waals surface area contributed by atoms with E-state index in [1.807, 2.05) is 34.7 Å². The summed E-state index contributed by atoms with van der Waals surface area (Å²) in [4.78, 5) is 12.6. The minimum Gasteiger partial charge on any atom is -0.394 e. The fourth-order valence-electron chi connectivity index (χ4n) is 2.73. The molecule has 3 rings (SSSR count). The summed E-state index contributed by atoms with van der Waals surface area (Å²) < 4.78 is 25.4. The summed E-state index contributed by atoms with van der Waals surface area (Å²) in [6, 6.07) is 8.53. The zero-order valence-corrected chi connectivity index (χ0v) is 17.2. The first-order valence-corrected chi connectivity index (χ1v) is 10.0. The van der Waals surface area contributed by atoms with E-state index in [0.717, 1.165) is 13.7 Å². The van der Waals surface area contributed by atoms with Crippen LogP contribution in [-0.2, 0) is 11.2 Å². The topological polar surface area (TPSA) is 79.7 Å². The van der Waals surface area contributed by atoms with Crippen molar-refractivity contribution in [2.24, 2.45) is 0 Å². The highest BCUT2D eigenvalue weighted by Gasteiger charge is 2.18. The smallest absolute Gasteiger partial charge is 0.188 e. The summed E-state index contributed by atoms with van der Waals surface area (Å²) in [6.07, 6.45) is 0.924. The number of fused-ring (bicyclic) bond motifs is 1. The highest BCUT2D eigenvalue weighted by molar-refractivity contribution is 14.1. The highest BCUT2D eigenvalue weighted by atomic mass is 127. The first-order valence-electron chi connectivity index (χ1n) is 8.19. The standard InChI is InChI=1S/C19H17FINO4S/c20-17-6-12(21)2-1-11(17)5-15-14(3-4-19-16(15)7-22-27-19)18(25)10-26-9-13(24)8-23/h1-4,6-7,13,23-24H,5,8-10H2/t13-/m1/s1. The Morgan fingerprint density at radius 1 is 1.33 bits per heavy atom. The Hall–Kier alpha value is -1.46. The highest BCUT2D eigenvalue weighted by Crippen LogP contribution is 2.29. The first-order chi connectivity index (χ1) is 13.0. The van der Waals surface area contributed by atoms with Gasteiger partial charge in [0.05, 0.1) is 17.9 Å². The molecule has 0 aliphatic heterocycles. The molecule has 27 heavy (non-hydrogen) atoms. The van der Waals surface area contributed by atoms with Gasteiger partial charge in [0, 0.05) is 27.1 Å². The van der Waals surface area contributed by atoms with Gasteiger partial charge in [0.15, 0.2) is 5.78 Å². The van der Waals surface area contributed by atoms with E-state index in [1.165, 1.54) is 17.6 Å². The predicted octanol–water partition coefficient (Wildman–Crippen LogP) is 3.18. The number of hydrogen-bond donors (Lipinski definition) is 2. The Morgan fingerprint density at radius 3 is 2.89 bits per heavy atom. The largest absolute Gasteiger partial charge is 0.394 e. The van der Waals surface area contributed by atoms with Gasteiger partial charge in [-0.2, -0.15) is 4.37 Å². The molecule has 0 radical (unpaired) electrons. The van der Waals surface area contributed by atoms with Crippen LogP contribution in [-0.4, -0.2) is 46.3 Å². The molecule has 142 valence electrons. The fraction of sp³-hybridized carbons (Fsp3) is 0.263. The maximum absolute atomic E-state index is 14.3. The van der Waals surface area contributed by atoms with E-state index < -0.39 is 12.7 Å². The number of nitrogens with zero attached hydrogens (tertiary/aromatic N) is 1. The summed E-state index contributed by atoms with van der Waals surface area (Å²) >= 11 is 3.37. The van der Waals surface area contributed by atoms with Crippen LogP contribution < -0.4 is 0 Å². The van der Waals surface area contributed by atoms with E-state index in [-0.39, 0.29) is 31.2 Å². The number of rotatable bonds is 8.